The first-order valence-electron chi connectivity index (χ1n) is 6.51. The Balaban J connectivity index is 2.42. The molecular formula is C15H20N2O3. The smallest absolute Gasteiger partial charge is 0.326 e. The molecule has 5 nitrogen and oxygen atoms in total. The maximum absolute atomic E-state index is 11.6. The standard InChI is InChI=1S/C15H20N2O3/c1-2-10-16-11-14(18)17-13(15(19)20)9-8-12-6-4-3-5-7-12/h2-7,13,16H,1,8-11H2,(H,17,18)(H,19,20)/t13-/m0/s1. The van der Waals surface area contributed by atoms with Crippen LogP contribution in [0, 0.1) is 0 Å². The van der Waals surface area contributed by atoms with Crippen molar-refractivity contribution in [2.75, 3.05) is 13.1 Å². The number of benzene rings is 1. The van der Waals surface area contributed by atoms with Crippen molar-refractivity contribution in [3.63, 3.8) is 0 Å². The van der Waals surface area contributed by atoms with Gasteiger partial charge in [0.1, 0.15) is 6.04 Å². The molecule has 0 heterocycles. The van der Waals surface area contributed by atoms with Crippen LogP contribution < -0.4 is 10.6 Å². The van der Waals surface area contributed by atoms with Crippen LogP contribution in [0.3, 0.4) is 0 Å². The van der Waals surface area contributed by atoms with Gasteiger partial charge in [-0.15, -0.1) is 6.58 Å². The highest BCUT2D eigenvalue weighted by Gasteiger charge is 2.19. The van der Waals surface area contributed by atoms with Gasteiger partial charge in [-0.05, 0) is 18.4 Å². The molecule has 1 atom stereocenters. The molecule has 1 aromatic carbocycles. The molecule has 0 aromatic heterocycles. The number of carbonyl (C=O) groups excluding carboxylic acids is 1. The lowest BCUT2D eigenvalue weighted by Gasteiger charge is -2.14. The molecule has 3 N–H and O–H groups in total. The number of rotatable bonds is 9. The first-order chi connectivity index (χ1) is 9.63. The number of carboxylic acid groups (broad SMARTS) is 1. The first-order valence-corrected chi connectivity index (χ1v) is 6.51. The minimum atomic E-state index is -1.02. The summed E-state index contributed by atoms with van der Waals surface area (Å²) in [5.41, 5.74) is 1.05. The van der Waals surface area contributed by atoms with E-state index in [1.165, 1.54) is 0 Å². The Kier molecular flexibility index (Phi) is 7.06. The van der Waals surface area contributed by atoms with Gasteiger partial charge >= 0.3 is 5.97 Å². The summed E-state index contributed by atoms with van der Waals surface area (Å²) in [6.07, 6.45) is 2.61. The van der Waals surface area contributed by atoms with E-state index in [-0.39, 0.29) is 12.5 Å². The summed E-state index contributed by atoms with van der Waals surface area (Å²) in [6, 6.07) is 8.73. The van der Waals surface area contributed by atoms with Crippen molar-refractivity contribution in [1.29, 1.82) is 0 Å². The molecule has 0 fully saturated rings. The van der Waals surface area contributed by atoms with E-state index < -0.39 is 12.0 Å². The molecule has 1 aromatic rings. The SMILES string of the molecule is C=CCNCC(=O)N[C@@H](CCc1ccccc1)C(=O)O. The average molecular weight is 276 g/mol. The number of aryl methyl sites for hydroxylation is 1. The fraction of sp³-hybridized carbons (Fsp3) is 0.333. The molecule has 1 amide bonds. The molecule has 1 rings (SSSR count). The topological polar surface area (TPSA) is 78.4 Å². The minimum Gasteiger partial charge on any atom is -0.480 e. The Morgan fingerprint density at radius 3 is 2.60 bits per heavy atom. The Labute approximate surface area is 118 Å². The zero-order chi connectivity index (χ0) is 14.8. The summed E-state index contributed by atoms with van der Waals surface area (Å²) in [4.78, 5) is 22.7. The van der Waals surface area contributed by atoms with Gasteiger partial charge in [0.15, 0.2) is 0 Å². The molecule has 0 spiro atoms. The molecule has 0 aliphatic heterocycles. The highest BCUT2D eigenvalue weighted by molar-refractivity contribution is 5.84. The van der Waals surface area contributed by atoms with Crippen molar-refractivity contribution in [1.82, 2.24) is 10.6 Å². The van der Waals surface area contributed by atoms with E-state index in [2.05, 4.69) is 17.2 Å². The summed E-state index contributed by atoms with van der Waals surface area (Å²) >= 11 is 0. The van der Waals surface area contributed by atoms with Crippen LogP contribution in [0.4, 0.5) is 0 Å². The van der Waals surface area contributed by atoms with Crippen LogP contribution in [-0.2, 0) is 16.0 Å². The van der Waals surface area contributed by atoms with E-state index in [4.69, 9.17) is 5.11 Å². The number of nitrogens with one attached hydrogen (secondary N) is 2. The van der Waals surface area contributed by atoms with E-state index in [0.717, 1.165) is 5.56 Å². The largest absolute Gasteiger partial charge is 0.480 e. The molecule has 20 heavy (non-hydrogen) atoms. The fourth-order valence-corrected chi connectivity index (χ4v) is 1.75. The van der Waals surface area contributed by atoms with Crippen molar-refractivity contribution in [3.8, 4) is 0 Å². The third-order valence-corrected chi connectivity index (χ3v) is 2.77. The fourth-order valence-electron chi connectivity index (χ4n) is 1.75. The number of hydrogen-bond acceptors (Lipinski definition) is 3. The molecular weight excluding hydrogens is 256 g/mol. The van der Waals surface area contributed by atoms with Gasteiger partial charge in [0.2, 0.25) is 5.91 Å². The van der Waals surface area contributed by atoms with Gasteiger partial charge in [0.05, 0.1) is 6.54 Å². The third-order valence-electron chi connectivity index (χ3n) is 2.77. The summed E-state index contributed by atoms with van der Waals surface area (Å²) < 4.78 is 0. The van der Waals surface area contributed by atoms with Gasteiger partial charge in [0, 0.05) is 6.54 Å². The predicted octanol–water partition coefficient (Wildman–Crippen LogP) is 0.964. The second-order valence-corrected chi connectivity index (χ2v) is 4.40. The summed E-state index contributed by atoms with van der Waals surface area (Å²) in [5.74, 6) is -1.34. The summed E-state index contributed by atoms with van der Waals surface area (Å²) in [5, 5.41) is 14.5. The van der Waals surface area contributed by atoms with Crippen LogP contribution in [-0.4, -0.2) is 36.1 Å². The van der Waals surface area contributed by atoms with E-state index >= 15 is 0 Å². The van der Waals surface area contributed by atoms with Crippen LogP contribution in [0.2, 0.25) is 0 Å². The molecule has 0 aliphatic rings. The molecule has 0 bridgehead atoms. The van der Waals surface area contributed by atoms with Crippen molar-refractivity contribution in [3.05, 3.63) is 48.6 Å². The normalized spacial score (nSPS) is 11.6. The van der Waals surface area contributed by atoms with Crippen molar-refractivity contribution in [2.45, 2.75) is 18.9 Å². The van der Waals surface area contributed by atoms with Crippen LogP contribution >= 0.6 is 0 Å². The quantitative estimate of drug-likeness (QED) is 0.464. The van der Waals surface area contributed by atoms with E-state index in [0.29, 0.717) is 19.4 Å². The maximum atomic E-state index is 11.6. The zero-order valence-electron chi connectivity index (χ0n) is 11.3. The lowest BCUT2D eigenvalue weighted by atomic mass is 10.1. The molecule has 0 aliphatic carbocycles. The number of hydrogen-bond donors (Lipinski definition) is 3. The van der Waals surface area contributed by atoms with Gasteiger partial charge in [0.25, 0.3) is 0 Å². The number of amides is 1. The van der Waals surface area contributed by atoms with Gasteiger partial charge < -0.3 is 15.7 Å². The molecule has 0 unspecified atom stereocenters. The van der Waals surface area contributed by atoms with Crippen LogP contribution in [0.15, 0.2) is 43.0 Å². The van der Waals surface area contributed by atoms with Gasteiger partial charge in [-0.2, -0.15) is 0 Å². The number of carbonyl (C=O) groups is 2. The van der Waals surface area contributed by atoms with Gasteiger partial charge in [-0.25, -0.2) is 4.79 Å². The second kappa shape index (κ2) is 8.87. The van der Waals surface area contributed by atoms with Crippen LogP contribution in [0.5, 0.6) is 0 Å². The van der Waals surface area contributed by atoms with Crippen molar-refractivity contribution >= 4 is 11.9 Å². The zero-order valence-corrected chi connectivity index (χ0v) is 11.3. The minimum absolute atomic E-state index is 0.0845. The van der Waals surface area contributed by atoms with Crippen molar-refractivity contribution in [2.24, 2.45) is 0 Å². The van der Waals surface area contributed by atoms with E-state index in [1.807, 2.05) is 30.3 Å². The van der Waals surface area contributed by atoms with Crippen molar-refractivity contribution < 1.29 is 14.7 Å². The monoisotopic (exact) mass is 276 g/mol. The van der Waals surface area contributed by atoms with Gasteiger partial charge in [-0.1, -0.05) is 36.4 Å². The molecule has 0 radical (unpaired) electrons. The first kappa shape index (κ1) is 15.9. The number of aliphatic carboxylic acids is 1. The Morgan fingerprint density at radius 1 is 1.30 bits per heavy atom. The Morgan fingerprint density at radius 2 is 2.00 bits per heavy atom. The summed E-state index contributed by atoms with van der Waals surface area (Å²) in [7, 11) is 0. The molecule has 0 saturated heterocycles. The lowest BCUT2D eigenvalue weighted by Crippen LogP contribution is -2.44. The Hall–Kier alpha value is -2.14. The molecule has 108 valence electrons. The van der Waals surface area contributed by atoms with E-state index in [9.17, 15) is 9.59 Å². The highest BCUT2D eigenvalue weighted by Crippen LogP contribution is 2.05. The van der Waals surface area contributed by atoms with E-state index in [1.54, 1.807) is 6.08 Å². The van der Waals surface area contributed by atoms with Crippen LogP contribution in [0.25, 0.3) is 0 Å². The predicted molar refractivity (Wildman–Crippen MR) is 77.4 cm³/mol. The molecule has 5 heteroatoms. The second-order valence-electron chi connectivity index (χ2n) is 4.40. The highest BCUT2D eigenvalue weighted by atomic mass is 16.4. The van der Waals surface area contributed by atoms with Crippen LogP contribution in [0.1, 0.15) is 12.0 Å². The maximum Gasteiger partial charge on any atom is 0.326 e. The van der Waals surface area contributed by atoms with Gasteiger partial charge in [-0.3, -0.25) is 4.79 Å². The lowest BCUT2D eigenvalue weighted by molar-refractivity contribution is -0.141. The third kappa shape index (κ3) is 6.15. The number of carboxylic acids is 1. The average Bonchev–Trinajstić information content (AvgIpc) is 2.44. The Bertz CT molecular complexity index is 446. The molecule has 0 saturated carbocycles. The summed E-state index contributed by atoms with van der Waals surface area (Å²) in [6.45, 7) is 4.11.